The zero-order valence-electron chi connectivity index (χ0n) is 15.5. The molecular weight excluding hydrogens is 421 g/mol. The number of hydrogen-bond acceptors (Lipinski definition) is 4. The molecule has 0 aromatic heterocycles. The SMILES string of the molecule is CCCCOCCCN=C(NCC)N1CC(C)C(C(=O)OC)C1.I. The Kier molecular flexibility index (Phi) is 13.4. The molecule has 0 spiro atoms. The van der Waals surface area contributed by atoms with E-state index in [1.807, 2.05) is 0 Å². The average molecular weight is 455 g/mol. The quantitative estimate of drug-likeness (QED) is 0.190. The van der Waals surface area contributed by atoms with E-state index in [1.165, 1.54) is 7.11 Å². The smallest absolute Gasteiger partial charge is 0.310 e. The van der Waals surface area contributed by atoms with Gasteiger partial charge in [0.15, 0.2) is 5.96 Å². The van der Waals surface area contributed by atoms with Crippen LogP contribution >= 0.6 is 24.0 Å². The lowest BCUT2D eigenvalue weighted by molar-refractivity contribution is -0.145. The molecule has 1 rings (SSSR count). The number of carbonyl (C=O) groups is 1. The van der Waals surface area contributed by atoms with Gasteiger partial charge in [0.1, 0.15) is 0 Å². The van der Waals surface area contributed by atoms with Crippen LogP contribution in [0.2, 0.25) is 0 Å². The molecule has 1 heterocycles. The standard InChI is InChI=1S/C17H33N3O3.HI/c1-5-7-10-23-11-8-9-19-17(18-6-2)20-12-14(3)15(13-20)16(21)22-4;/h14-15H,5-13H2,1-4H3,(H,18,19);1H. The van der Waals surface area contributed by atoms with Crippen molar-refractivity contribution in [3.05, 3.63) is 0 Å². The number of unbranched alkanes of at least 4 members (excludes halogenated alkanes) is 1. The maximum atomic E-state index is 11.8. The lowest BCUT2D eigenvalue weighted by Gasteiger charge is -2.21. The number of hydrogen-bond donors (Lipinski definition) is 1. The highest BCUT2D eigenvalue weighted by Gasteiger charge is 2.36. The number of carbonyl (C=O) groups excluding carboxylic acids is 1. The Labute approximate surface area is 163 Å². The van der Waals surface area contributed by atoms with E-state index in [2.05, 4.69) is 36.0 Å². The monoisotopic (exact) mass is 455 g/mol. The molecule has 24 heavy (non-hydrogen) atoms. The summed E-state index contributed by atoms with van der Waals surface area (Å²) in [5.74, 6) is 0.976. The number of ether oxygens (including phenoxy) is 2. The Bertz CT molecular complexity index is 380. The molecule has 1 saturated heterocycles. The molecule has 2 atom stereocenters. The molecule has 6 nitrogen and oxygen atoms in total. The fraction of sp³-hybridized carbons (Fsp3) is 0.882. The molecule has 1 aliphatic heterocycles. The molecule has 0 aliphatic carbocycles. The average Bonchev–Trinajstić information content (AvgIpc) is 2.94. The predicted molar refractivity (Wildman–Crippen MR) is 108 cm³/mol. The zero-order chi connectivity index (χ0) is 17.1. The van der Waals surface area contributed by atoms with Gasteiger partial charge in [-0.25, -0.2) is 0 Å². The van der Waals surface area contributed by atoms with Crippen LogP contribution in [0.4, 0.5) is 0 Å². The maximum absolute atomic E-state index is 11.8. The molecule has 0 amide bonds. The third kappa shape index (κ3) is 8.00. The first-order valence-electron chi connectivity index (χ1n) is 8.82. The van der Waals surface area contributed by atoms with Crippen LogP contribution in [0.15, 0.2) is 4.99 Å². The Morgan fingerprint density at radius 1 is 1.25 bits per heavy atom. The van der Waals surface area contributed by atoms with Crippen molar-refractivity contribution in [3.63, 3.8) is 0 Å². The van der Waals surface area contributed by atoms with Crippen LogP contribution in [0.5, 0.6) is 0 Å². The van der Waals surface area contributed by atoms with E-state index in [-0.39, 0.29) is 41.8 Å². The van der Waals surface area contributed by atoms with Crippen molar-refractivity contribution in [1.29, 1.82) is 0 Å². The first-order chi connectivity index (χ1) is 11.1. The number of likely N-dealkylation sites (tertiary alicyclic amines) is 1. The third-order valence-electron chi connectivity index (χ3n) is 4.10. The summed E-state index contributed by atoms with van der Waals surface area (Å²) in [5, 5.41) is 3.32. The number of esters is 1. The lowest BCUT2D eigenvalue weighted by atomic mass is 9.99. The van der Waals surface area contributed by atoms with E-state index in [0.29, 0.717) is 6.54 Å². The number of nitrogens with zero attached hydrogens (tertiary/aromatic N) is 2. The Morgan fingerprint density at radius 2 is 1.96 bits per heavy atom. The van der Waals surface area contributed by atoms with Gasteiger partial charge in [-0.3, -0.25) is 9.79 Å². The molecule has 0 aromatic rings. The predicted octanol–water partition coefficient (Wildman–Crippen LogP) is 2.52. The van der Waals surface area contributed by atoms with Crippen LogP contribution < -0.4 is 5.32 Å². The van der Waals surface area contributed by atoms with Gasteiger partial charge in [0.2, 0.25) is 0 Å². The number of halogens is 1. The summed E-state index contributed by atoms with van der Waals surface area (Å²) in [7, 11) is 1.45. The number of rotatable bonds is 9. The molecule has 2 unspecified atom stereocenters. The fourth-order valence-corrected chi connectivity index (χ4v) is 2.72. The molecular formula is C17H34IN3O3. The van der Waals surface area contributed by atoms with E-state index in [4.69, 9.17) is 9.47 Å². The van der Waals surface area contributed by atoms with Crippen LogP contribution in [0.3, 0.4) is 0 Å². The first-order valence-corrected chi connectivity index (χ1v) is 8.82. The highest BCUT2D eigenvalue weighted by atomic mass is 127. The summed E-state index contributed by atoms with van der Waals surface area (Å²) in [4.78, 5) is 18.6. The summed E-state index contributed by atoms with van der Waals surface area (Å²) < 4.78 is 10.5. The molecule has 0 aromatic carbocycles. The minimum atomic E-state index is -0.125. The zero-order valence-corrected chi connectivity index (χ0v) is 17.9. The fourth-order valence-electron chi connectivity index (χ4n) is 2.72. The molecule has 0 bridgehead atoms. The summed E-state index contributed by atoms with van der Waals surface area (Å²) in [6.45, 7) is 11.0. The third-order valence-corrected chi connectivity index (χ3v) is 4.10. The minimum absolute atomic E-state index is 0. The van der Waals surface area contributed by atoms with Crippen molar-refractivity contribution in [2.75, 3.05) is 46.5 Å². The summed E-state index contributed by atoms with van der Waals surface area (Å²) in [6.07, 6.45) is 3.20. The second kappa shape index (κ2) is 13.7. The lowest BCUT2D eigenvalue weighted by Crippen LogP contribution is -2.40. The van der Waals surface area contributed by atoms with Gasteiger partial charge >= 0.3 is 5.97 Å². The molecule has 1 fully saturated rings. The van der Waals surface area contributed by atoms with Gasteiger partial charge in [-0.05, 0) is 25.7 Å². The normalized spacial score (nSPS) is 20.7. The molecule has 0 radical (unpaired) electrons. The van der Waals surface area contributed by atoms with Gasteiger partial charge in [-0.15, -0.1) is 24.0 Å². The van der Waals surface area contributed by atoms with E-state index in [9.17, 15) is 4.79 Å². The summed E-state index contributed by atoms with van der Waals surface area (Å²) in [5.41, 5.74) is 0. The molecule has 0 saturated carbocycles. The van der Waals surface area contributed by atoms with Gasteiger partial charge in [0, 0.05) is 39.4 Å². The van der Waals surface area contributed by atoms with Crippen molar-refractivity contribution in [2.24, 2.45) is 16.8 Å². The first kappa shape index (κ1) is 23.4. The highest BCUT2D eigenvalue weighted by Crippen LogP contribution is 2.24. The van der Waals surface area contributed by atoms with Crippen LogP contribution in [-0.4, -0.2) is 63.3 Å². The topological polar surface area (TPSA) is 63.2 Å². The highest BCUT2D eigenvalue weighted by molar-refractivity contribution is 14.0. The number of aliphatic imine (C=N–C) groups is 1. The second-order valence-electron chi connectivity index (χ2n) is 6.07. The van der Waals surface area contributed by atoms with E-state index in [0.717, 1.165) is 58.1 Å². The largest absolute Gasteiger partial charge is 0.469 e. The van der Waals surface area contributed by atoms with Crippen LogP contribution in [-0.2, 0) is 14.3 Å². The minimum Gasteiger partial charge on any atom is -0.469 e. The second-order valence-corrected chi connectivity index (χ2v) is 6.07. The van der Waals surface area contributed by atoms with E-state index in [1.54, 1.807) is 0 Å². The van der Waals surface area contributed by atoms with Crippen LogP contribution in [0.1, 0.15) is 40.0 Å². The van der Waals surface area contributed by atoms with Gasteiger partial charge < -0.3 is 19.7 Å². The summed E-state index contributed by atoms with van der Waals surface area (Å²) >= 11 is 0. The molecule has 142 valence electrons. The number of nitrogens with one attached hydrogen (secondary N) is 1. The van der Waals surface area contributed by atoms with Crippen molar-refractivity contribution < 1.29 is 14.3 Å². The van der Waals surface area contributed by atoms with Gasteiger partial charge in [0.25, 0.3) is 0 Å². The van der Waals surface area contributed by atoms with Crippen molar-refractivity contribution in [2.45, 2.75) is 40.0 Å². The van der Waals surface area contributed by atoms with Crippen molar-refractivity contribution in [3.8, 4) is 0 Å². The molecule has 1 N–H and O–H groups in total. The Hall–Kier alpha value is -0.570. The number of guanidine groups is 1. The van der Waals surface area contributed by atoms with Gasteiger partial charge in [-0.2, -0.15) is 0 Å². The summed E-state index contributed by atoms with van der Waals surface area (Å²) in [6, 6.07) is 0. The van der Waals surface area contributed by atoms with Crippen LogP contribution in [0, 0.1) is 11.8 Å². The van der Waals surface area contributed by atoms with E-state index >= 15 is 0 Å². The molecule has 1 aliphatic rings. The van der Waals surface area contributed by atoms with Gasteiger partial charge in [-0.1, -0.05) is 20.3 Å². The van der Waals surface area contributed by atoms with Gasteiger partial charge in [0.05, 0.1) is 13.0 Å². The van der Waals surface area contributed by atoms with Crippen molar-refractivity contribution in [1.82, 2.24) is 10.2 Å². The number of methoxy groups -OCH3 is 1. The molecule has 7 heteroatoms. The maximum Gasteiger partial charge on any atom is 0.310 e. The Balaban J connectivity index is 0.00000529. The van der Waals surface area contributed by atoms with Crippen molar-refractivity contribution >= 4 is 35.9 Å². The Morgan fingerprint density at radius 3 is 2.58 bits per heavy atom. The van der Waals surface area contributed by atoms with Crippen LogP contribution in [0.25, 0.3) is 0 Å². The van der Waals surface area contributed by atoms with E-state index < -0.39 is 0 Å².